The average Bonchev–Trinajstić information content (AvgIpc) is 3.40. The molecule has 0 radical (unpaired) electrons. The van der Waals surface area contributed by atoms with Crippen molar-refractivity contribution in [2.24, 2.45) is 0 Å². The average molecular weight is 627 g/mol. The fourth-order valence-corrected chi connectivity index (χ4v) is 5.66. The van der Waals surface area contributed by atoms with Crippen LogP contribution in [0.1, 0.15) is 71.7 Å². The first-order valence-corrected chi connectivity index (χ1v) is 14.6. The van der Waals surface area contributed by atoms with Crippen molar-refractivity contribution in [2.75, 3.05) is 13.2 Å². The van der Waals surface area contributed by atoms with Gasteiger partial charge in [0.05, 0.1) is 17.9 Å². The van der Waals surface area contributed by atoms with E-state index in [9.17, 15) is 14.1 Å². The lowest BCUT2D eigenvalue weighted by atomic mass is 9.91. The summed E-state index contributed by atoms with van der Waals surface area (Å²) >= 11 is 6.07. The lowest BCUT2D eigenvalue weighted by Gasteiger charge is -2.28. The smallest absolute Gasteiger partial charge is 0.381 e. The monoisotopic (exact) mass is 626 g/mol. The molecule has 5 rings (SSSR count). The van der Waals surface area contributed by atoms with Crippen molar-refractivity contribution in [1.82, 2.24) is 19.9 Å². The van der Waals surface area contributed by atoms with Gasteiger partial charge in [-0.3, -0.25) is 9.74 Å². The highest BCUT2D eigenvalue weighted by Crippen LogP contribution is 2.42. The molecule has 2 aromatic heterocycles. The quantitative estimate of drug-likeness (QED) is 0.242. The highest BCUT2D eigenvalue weighted by atomic mass is 35.5. The third-order valence-corrected chi connectivity index (χ3v) is 7.60. The van der Waals surface area contributed by atoms with Gasteiger partial charge in [0.15, 0.2) is 29.0 Å². The predicted molar refractivity (Wildman–Crippen MR) is 160 cm³/mol. The van der Waals surface area contributed by atoms with Gasteiger partial charge in [-0.05, 0) is 83.2 Å². The van der Waals surface area contributed by atoms with Crippen LogP contribution in [-0.2, 0) is 27.3 Å². The molecule has 44 heavy (non-hydrogen) atoms. The summed E-state index contributed by atoms with van der Waals surface area (Å²) in [5.41, 5.74) is 2.69. The zero-order valence-electron chi connectivity index (χ0n) is 25.1. The van der Waals surface area contributed by atoms with E-state index in [4.69, 9.17) is 21.1 Å². The third-order valence-electron chi connectivity index (χ3n) is 7.37. The van der Waals surface area contributed by atoms with Crippen LogP contribution in [0, 0.1) is 19.7 Å². The lowest BCUT2D eigenvalue weighted by molar-refractivity contribution is -0.205. The second-order valence-corrected chi connectivity index (χ2v) is 12.1. The first kappa shape index (κ1) is 31.3. The first-order chi connectivity index (χ1) is 20.9. The van der Waals surface area contributed by atoms with Crippen molar-refractivity contribution in [2.45, 2.75) is 65.6 Å². The molecule has 0 fully saturated rings. The molecular weight excluding hydrogens is 594 g/mol. The molecule has 3 heterocycles. The Kier molecular flexibility index (Phi) is 8.90. The predicted octanol–water partition coefficient (Wildman–Crippen LogP) is 6.39. The van der Waals surface area contributed by atoms with Crippen LogP contribution in [-0.4, -0.2) is 45.2 Å². The fraction of sp³-hybridized carbons (Fsp3) is 0.375. The van der Waals surface area contributed by atoms with Crippen LogP contribution in [0.2, 0.25) is 5.02 Å². The van der Waals surface area contributed by atoms with E-state index in [1.54, 1.807) is 33.8 Å². The van der Waals surface area contributed by atoms with Gasteiger partial charge in [-0.15, -0.1) is 0 Å². The molecule has 0 spiro atoms. The van der Waals surface area contributed by atoms with E-state index in [0.29, 0.717) is 54.1 Å². The van der Waals surface area contributed by atoms with E-state index in [2.05, 4.69) is 20.3 Å². The summed E-state index contributed by atoms with van der Waals surface area (Å²) in [7, 11) is 0. The molecule has 1 atom stereocenters. The van der Waals surface area contributed by atoms with Crippen molar-refractivity contribution in [3.8, 4) is 17.0 Å². The summed E-state index contributed by atoms with van der Waals surface area (Å²) in [4.78, 5) is 34.3. The van der Waals surface area contributed by atoms with Gasteiger partial charge in [0.1, 0.15) is 0 Å². The number of carbonyl (C=O) groups excluding carboxylic acids is 2. The molecule has 1 N–H and O–H groups in total. The number of aromatic nitrogens is 3. The summed E-state index contributed by atoms with van der Waals surface area (Å²) in [6.45, 7) is 9.25. The Bertz CT molecular complexity index is 1750. The maximum Gasteiger partial charge on any atom is 0.381 e. The van der Waals surface area contributed by atoms with Gasteiger partial charge in [0.2, 0.25) is 0 Å². The SMILES string of the molecule is Cc1nc2cc(C(=O)NCCc3cccc(Cl)c3)nn2c(-c2cc(F)c3c(c2C)CCCO3)c1[C@H](OC(C)(C)C)C(=O)OF. The van der Waals surface area contributed by atoms with Crippen molar-refractivity contribution in [3.05, 3.63) is 80.9 Å². The molecule has 1 aliphatic rings. The summed E-state index contributed by atoms with van der Waals surface area (Å²) in [5.74, 6) is -2.20. The van der Waals surface area contributed by atoms with E-state index in [1.165, 1.54) is 16.6 Å². The summed E-state index contributed by atoms with van der Waals surface area (Å²) in [6, 6.07) is 10.1. The highest BCUT2D eigenvalue weighted by Gasteiger charge is 2.36. The molecule has 0 aliphatic carbocycles. The molecule has 0 unspecified atom stereocenters. The van der Waals surface area contributed by atoms with Gasteiger partial charge in [0.25, 0.3) is 5.91 Å². The summed E-state index contributed by atoms with van der Waals surface area (Å²) < 4.78 is 42.0. The van der Waals surface area contributed by atoms with Crippen molar-refractivity contribution in [1.29, 1.82) is 0 Å². The number of nitrogens with zero attached hydrogens (tertiary/aromatic N) is 3. The molecular formula is C32H33ClF2N4O5. The van der Waals surface area contributed by atoms with Crippen molar-refractivity contribution < 1.29 is 32.9 Å². The van der Waals surface area contributed by atoms with Crippen LogP contribution in [0.25, 0.3) is 16.9 Å². The molecule has 4 aromatic rings. The number of rotatable bonds is 8. The first-order valence-electron chi connectivity index (χ1n) is 14.3. The van der Waals surface area contributed by atoms with E-state index >= 15 is 4.39 Å². The van der Waals surface area contributed by atoms with Crippen LogP contribution in [0.15, 0.2) is 36.4 Å². The second-order valence-electron chi connectivity index (χ2n) is 11.7. The number of fused-ring (bicyclic) bond motifs is 2. The molecule has 12 heteroatoms. The molecule has 0 saturated heterocycles. The number of amides is 1. The summed E-state index contributed by atoms with van der Waals surface area (Å²) in [6.07, 6.45) is 0.224. The Balaban J connectivity index is 1.66. The third kappa shape index (κ3) is 6.39. The molecule has 232 valence electrons. The van der Waals surface area contributed by atoms with E-state index in [1.807, 2.05) is 25.1 Å². The van der Waals surface area contributed by atoms with Crippen LogP contribution >= 0.6 is 11.6 Å². The minimum Gasteiger partial charge on any atom is -0.490 e. The molecule has 0 saturated carbocycles. The zero-order chi connectivity index (χ0) is 31.8. The zero-order valence-corrected chi connectivity index (χ0v) is 25.8. The number of halogens is 3. The van der Waals surface area contributed by atoms with Crippen LogP contribution < -0.4 is 10.1 Å². The Morgan fingerprint density at radius 2 is 1.98 bits per heavy atom. The molecule has 2 aromatic carbocycles. The van der Waals surface area contributed by atoms with Gasteiger partial charge in [0, 0.05) is 44.5 Å². The Hall–Kier alpha value is -4.09. The van der Waals surface area contributed by atoms with Gasteiger partial charge in [-0.25, -0.2) is 18.7 Å². The van der Waals surface area contributed by atoms with Crippen LogP contribution in [0.3, 0.4) is 0 Å². The normalized spacial score (nSPS) is 13.7. The van der Waals surface area contributed by atoms with Gasteiger partial charge < -0.3 is 14.8 Å². The molecule has 0 bridgehead atoms. The number of hydrogen-bond acceptors (Lipinski definition) is 7. The van der Waals surface area contributed by atoms with E-state index < -0.39 is 29.4 Å². The maximum atomic E-state index is 15.5. The minimum absolute atomic E-state index is 0.0437. The number of nitrogens with one attached hydrogen (secondary N) is 1. The lowest BCUT2D eigenvalue weighted by Crippen LogP contribution is -2.29. The highest BCUT2D eigenvalue weighted by molar-refractivity contribution is 6.30. The van der Waals surface area contributed by atoms with Crippen LogP contribution in [0.5, 0.6) is 5.75 Å². The van der Waals surface area contributed by atoms with Gasteiger partial charge in [-0.2, -0.15) is 5.10 Å². The molecule has 9 nitrogen and oxygen atoms in total. The van der Waals surface area contributed by atoms with Gasteiger partial charge >= 0.3 is 5.97 Å². The standard InChI is InChI=1S/C32H33ClF2N4O5/c1-17-21-10-7-13-42-28(21)23(34)15-22(17)27-26(29(31(41)44-35)43-32(3,4)5)18(2)37-25-16-24(38-39(25)27)30(40)36-12-11-19-8-6-9-20(33)14-19/h6,8-9,14-16,29H,7,10-13H2,1-5H3,(H,36,40)/t29-/m0/s1. The second kappa shape index (κ2) is 12.5. The fourth-order valence-electron chi connectivity index (χ4n) is 5.44. The topological polar surface area (TPSA) is 104 Å². The van der Waals surface area contributed by atoms with Gasteiger partial charge in [-0.1, -0.05) is 23.7 Å². The Labute approximate surface area is 258 Å². The number of hydrogen-bond donors (Lipinski definition) is 1. The van der Waals surface area contributed by atoms with Crippen molar-refractivity contribution in [3.63, 3.8) is 0 Å². The number of ether oxygens (including phenoxy) is 2. The van der Waals surface area contributed by atoms with Crippen LogP contribution in [0.4, 0.5) is 8.92 Å². The van der Waals surface area contributed by atoms with E-state index in [-0.39, 0.29) is 34.0 Å². The van der Waals surface area contributed by atoms with Crippen molar-refractivity contribution >= 4 is 29.1 Å². The largest absolute Gasteiger partial charge is 0.490 e. The maximum absolute atomic E-state index is 15.5. The minimum atomic E-state index is -1.58. The number of benzene rings is 2. The number of carbonyl (C=O) groups is 2. The summed E-state index contributed by atoms with van der Waals surface area (Å²) in [5, 5.41) is 7.99. The Morgan fingerprint density at radius 3 is 2.68 bits per heavy atom. The van der Waals surface area contributed by atoms with E-state index in [0.717, 1.165) is 5.56 Å². The molecule has 1 amide bonds. The molecule has 1 aliphatic heterocycles. The Morgan fingerprint density at radius 1 is 1.20 bits per heavy atom. The number of aryl methyl sites for hydroxylation is 1.